The molecule has 0 saturated carbocycles. The number of anilines is 5. The van der Waals surface area contributed by atoms with Crippen LogP contribution in [-0.2, 0) is 4.74 Å². The van der Waals surface area contributed by atoms with E-state index in [4.69, 9.17) is 9.84 Å². The fourth-order valence-corrected chi connectivity index (χ4v) is 3.63. The average Bonchev–Trinajstić information content (AvgIpc) is 2.82. The first-order chi connectivity index (χ1) is 16.7. The zero-order chi connectivity index (χ0) is 25.4. The van der Waals surface area contributed by atoms with Crippen LogP contribution in [0.4, 0.5) is 33.6 Å². The summed E-state index contributed by atoms with van der Waals surface area (Å²) in [6, 6.07) is 7.77. The second kappa shape index (κ2) is 11.7. The Kier molecular flexibility index (Phi) is 8.68. The third-order valence-corrected chi connectivity index (χ3v) is 5.38. The zero-order valence-electron chi connectivity index (χ0n) is 20.8. The number of aromatic nitrogens is 2. The van der Waals surface area contributed by atoms with E-state index in [1.54, 1.807) is 20.8 Å². The Morgan fingerprint density at radius 3 is 2.60 bits per heavy atom. The Morgan fingerprint density at radius 2 is 1.97 bits per heavy atom. The SMILES string of the molecule is CCN1CCN(c2ccc(Nc3ncc(C#N)c(NCCO)n3)c(NC(=O)OC(C)(C)C)c2)CC1. The molecule has 1 fully saturated rings. The van der Waals surface area contributed by atoms with E-state index in [2.05, 4.69) is 42.6 Å². The van der Waals surface area contributed by atoms with Crippen molar-refractivity contribution in [3.8, 4) is 6.07 Å². The van der Waals surface area contributed by atoms with Crippen LogP contribution in [0.2, 0.25) is 0 Å². The molecule has 11 nitrogen and oxygen atoms in total. The van der Waals surface area contributed by atoms with E-state index in [1.165, 1.54) is 6.20 Å². The van der Waals surface area contributed by atoms with Gasteiger partial charge in [0.25, 0.3) is 0 Å². The molecule has 1 aromatic heterocycles. The first-order valence-corrected chi connectivity index (χ1v) is 11.7. The van der Waals surface area contributed by atoms with Gasteiger partial charge in [-0.05, 0) is 45.5 Å². The highest BCUT2D eigenvalue weighted by molar-refractivity contribution is 5.91. The minimum Gasteiger partial charge on any atom is -0.444 e. The number of piperazine rings is 1. The molecule has 0 aliphatic carbocycles. The van der Waals surface area contributed by atoms with Gasteiger partial charge in [0.2, 0.25) is 5.95 Å². The van der Waals surface area contributed by atoms with Gasteiger partial charge in [0.1, 0.15) is 23.1 Å². The van der Waals surface area contributed by atoms with Crippen LogP contribution in [-0.4, -0.2) is 77.5 Å². The molecule has 188 valence electrons. The van der Waals surface area contributed by atoms with Crippen LogP contribution in [0, 0.1) is 11.3 Å². The summed E-state index contributed by atoms with van der Waals surface area (Å²) in [5, 5.41) is 27.3. The van der Waals surface area contributed by atoms with E-state index in [0.717, 1.165) is 38.4 Å². The Hall–Kier alpha value is -3.62. The highest BCUT2D eigenvalue weighted by Gasteiger charge is 2.20. The lowest BCUT2D eigenvalue weighted by atomic mass is 10.2. The normalized spacial score (nSPS) is 14.2. The number of benzene rings is 1. The predicted molar refractivity (Wildman–Crippen MR) is 136 cm³/mol. The van der Waals surface area contributed by atoms with Crippen LogP contribution in [0.1, 0.15) is 33.3 Å². The number of hydrogen-bond acceptors (Lipinski definition) is 10. The van der Waals surface area contributed by atoms with Crippen molar-refractivity contribution < 1.29 is 14.6 Å². The van der Waals surface area contributed by atoms with Crippen LogP contribution >= 0.6 is 0 Å². The van der Waals surface area contributed by atoms with Gasteiger partial charge in [-0.25, -0.2) is 9.78 Å². The number of aliphatic hydroxyl groups is 1. The fraction of sp³-hybridized carbons (Fsp3) is 0.500. The quantitative estimate of drug-likeness (QED) is 0.444. The molecule has 1 amide bonds. The molecular formula is C24H34N8O3. The van der Waals surface area contributed by atoms with E-state index in [0.29, 0.717) is 17.2 Å². The van der Waals surface area contributed by atoms with E-state index in [9.17, 15) is 10.1 Å². The minimum absolute atomic E-state index is 0.102. The number of nitrogens with zero attached hydrogens (tertiary/aromatic N) is 5. The molecule has 11 heteroatoms. The first kappa shape index (κ1) is 26.0. The number of aliphatic hydroxyl groups excluding tert-OH is 1. The molecule has 3 rings (SSSR count). The second-order valence-corrected chi connectivity index (χ2v) is 9.12. The topological polar surface area (TPSA) is 139 Å². The number of nitriles is 1. The largest absolute Gasteiger partial charge is 0.444 e. The van der Waals surface area contributed by atoms with Gasteiger partial charge in [-0.15, -0.1) is 0 Å². The summed E-state index contributed by atoms with van der Waals surface area (Å²) in [6.45, 7) is 12.5. The number of ether oxygens (including phenoxy) is 1. The maximum absolute atomic E-state index is 12.6. The van der Waals surface area contributed by atoms with Crippen molar-refractivity contribution in [3.63, 3.8) is 0 Å². The summed E-state index contributed by atoms with van der Waals surface area (Å²) in [5.41, 5.74) is 1.70. The first-order valence-electron chi connectivity index (χ1n) is 11.7. The molecule has 2 aromatic rings. The van der Waals surface area contributed by atoms with Crippen LogP contribution in [0.5, 0.6) is 0 Å². The summed E-state index contributed by atoms with van der Waals surface area (Å²) < 4.78 is 5.46. The van der Waals surface area contributed by atoms with Crippen LogP contribution < -0.4 is 20.9 Å². The molecule has 0 bridgehead atoms. The Bertz CT molecular complexity index is 1060. The molecule has 35 heavy (non-hydrogen) atoms. The Labute approximate surface area is 206 Å². The van der Waals surface area contributed by atoms with Gasteiger partial charge in [0, 0.05) is 38.4 Å². The second-order valence-electron chi connectivity index (χ2n) is 9.12. The lowest BCUT2D eigenvalue weighted by Gasteiger charge is -2.35. The van der Waals surface area contributed by atoms with E-state index in [1.807, 2.05) is 24.3 Å². The molecular weight excluding hydrogens is 448 g/mol. The van der Waals surface area contributed by atoms with Gasteiger partial charge in [0.05, 0.1) is 24.2 Å². The third-order valence-electron chi connectivity index (χ3n) is 5.38. The van der Waals surface area contributed by atoms with Crippen molar-refractivity contribution in [3.05, 3.63) is 30.0 Å². The lowest BCUT2D eigenvalue weighted by molar-refractivity contribution is 0.0636. The van der Waals surface area contributed by atoms with Crippen molar-refractivity contribution in [1.29, 1.82) is 5.26 Å². The minimum atomic E-state index is -0.644. The number of likely N-dealkylation sites (N-methyl/N-ethyl adjacent to an activating group) is 1. The predicted octanol–water partition coefficient (Wildman–Crippen LogP) is 2.98. The fourth-order valence-electron chi connectivity index (χ4n) is 3.63. The molecule has 0 unspecified atom stereocenters. The zero-order valence-corrected chi connectivity index (χ0v) is 20.8. The van der Waals surface area contributed by atoms with Gasteiger partial charge < -0.3 is 30.3 Å². The van der Waals surface area contributed by atoms with Crippen molar-refractivity contribution in [2.45, 2.75) is 33.3 Å². The van der Waals surface area contributed by atoms with Gasteiger partial charge in [0.15, 0.2) is 0 Å². The number of rotatable bonds is 8. The van der Waals surface area contributed by atoms with Gasteiger partial charge in [-0.2, -0.15) is 10.2 Å². The van der Waals surface area contributed by atoms with Crippen molar-refractivity contribution in [1.82, 2.24) is 14.9 Å². The lowest BCUT2D eigenvalue weighted by Crippen LogP contribution is -2.46. The Morgan fingerprint density at radius 1 is 1.23 bits per heavy atom. The number of amides is 1. The highest BCUT2D eigenvalue weighted by atomic mass is 16.6. The number of nitrogens with one attached hydrogen (secondary N) is 3. The summed E-state index contributed by atoms with van der Waals surface area (Å²) >= 11 is 0. The summed E-state index contributed by atoms with van der Waals surface area (Å²) in [4.78, 5) is 25.8. The summed E-state index contributed by atoms with van der Waals surface area (Å²) in [5.74, 6) is 0.548. The molecule has 0 spiro atoms. The molecule has 4 N–H and O–H groups in total. The van der Waals surface area contributed by atoms with Crippen LogP contribution in [0.15, 0.2) is 24.4 Å². The van der Waals surface area contributed by atoms with E-state index < -0.39 is 11.7 Å². The third kappa shape index (κ3) is 7.43. The highest BCUT2D eigenvalue weighted by Crippen LogP contribution is 2.31. The smallest absolute Gasteiger partial charge is 0.412 e. The van der Waals surface area contributed by atoms with Crippen molar-refractivity contribution >= 4 is 34.9 Å². The van der Waals surface area contributed by atoms with Crippen LogP contribution in [0.3, 0.4) is 0 Å². The van der Waals surface area contributed by atoms with E-state index in [-0.39, 0.29) is 24.7 Å². The average molecular weight is 483 g/mol. The number of hydrogen-bond donors (Lipinski definition) is 4. The molecule has 1 saturated heterocycles. The molecule has 0 radical (unpaired) electrons. The molecule has 1 aromatic carbocycles. The van der Waals surface area contributed by atoms with Crippen LogP contribution in [0.25, 0.3) is 0 Å². The molecule has 2 heterocycles. The maximum atomic E-state index is 12.6. The maximum Gasteiger partial charge on any atom is 0.412 e. The molecule has 1 aliphatic rings. The van der Waals surface area contributed by atoms with Gasteiger partial charge in [-0.1, -0.05) is 6.92 Å². The van der Waals surface area contributed by atoms with Crippen molar-refractivity contribution in [2.24, 2.45) is 0 Å². The van der Waals surface area contributed by atoms with Gasteiger partial charge >= 0.3 is 6.09 Å². The summed E-state index contributed by atoms with van der Waals surface area (Å²) in [7, 11) is 0. The molecule has 0 atom stereocenters. The standard InChI is InChI=1S/C24H34N8O3/c1-5-31-9-11-32(12-10-31)18-6-7-19(20(14-18)29-23(34)35-24(2,3)4)28-22-27-16-17(15-25)21(30-22)26-8-13-33/h6-7,14,16,33H,5,8-13H2,1-4H3,(H,29,34)(H2,26,27,28,30). The number of carbonyl (C=O) groups is 1. The van der Waals surface area contributed by atoms with E-state index >= 15 is 0 Å². The monoisotopic (exact) mass is 482 g/mol. The van der Waals surface area contributed by atoms with Crippen molar-refractivity contribution in [2.75, 3.05) is 66.7 Å². The Balaban J connectivity index is 1.88. The summed E-state index contributed by atoms with van der Waals surface area (Å²) in [6.07, 6.45) is 0.831. The number of carbonyl (C=O) groups excluding carboxylic acids is 1. The molecule has 1 aliphatic heterocycles. The van der Waals surface area contributed by atoms with Gasteiger partial charge in [-0.3, -0.25) is 5.32 Å².